The highest BCUT2D eigenvalue weighted by atomic mass is 35.5. The van der Waals surface area contributed by atoms with Crippen molar-refractivity contribution in [2.24, 2.45) is 11.5 Å². The van der Waals surface area contributed by atoms with Gasteiger partial charge in [0.15, 0.2) is 0 Å². The fourth-order valence-electron chi connectivity index (χ4n) is 1.26. The molecule has 0 saturated heterocycles. The van der Waals surface area contributed by atoms with Crippen molar-refractivity contribution < 1.29 is 4.74 Å². The van der Waals surface area contributed by atoms with E-state index in [1.54, 1.807) is 7.11 Å². The van der Waals surface area contributed by atoms with Crippen molar-refractivity contribution in [3.63, 3.8) is 0 Å². The van der Waals surface area contributed by atoms with E-state index in [4.69, 9.17) is 27.8 Å². The van der Waals surface area contributed by atoms with E-state index in [1.807, 2.05) is 18.2 Å². The average molecular weight is 215 g/mol. The highest BCUT2D eigenvalue weighted by Gasteiger charge is 2.07. The van der Waals surface area contributed by atoms with Crippen LogP contribution in [-0.4, -0.2) is 13.7 Å². The number of halogens is 1. The van der Waals surface area contributed by atoms with Crippen LogP contribution >= 0.6 is 11.6 Å². The molecule has 0 radical (unpaired) electrons. The zero-order valence-electron chi connectivity index (χ0n) is 8.16. The van der Waals surface area contributed by atoms with Gasteiger partial charge in [0.2, 0.25) is 0 Å². The normalized spacial score (nSPS) is 12.6. The number of hydrogen-bond donors (Lipinski definition) is 2. The zero-order valence-corrected chi connectivity index (χ0v) is 8.92. The van der Waals surface area contributed by atoms with Gasteiger partial charge in [-0.05, 0) is 30.7 Å². The van der Waals surface area contributed by atoms with Gasteiger partial charge in [-0.15, -0.1) is 0 Å². The van der Waals surface area contributed by atoms with Gasteiger partial charge in [0.25, 0.3) is 0 Å². The smallest absolute Gasteiger partial charge is 0.137 e. The van der Waals surface area contributed by atoms with E-state index in [9.17, 15) is 0 Å². The molecule has 0 saturated carbocycles. The zero-order chi connectivity index (χ0) is 10.6. The fraction of sp³-hybridized carbons (Fsp3) is 0.400. The van der Waals surface area contributed by atoms with Crippen molar-refractivity contribution in [1.82, 2.24) is 0 Å². The third-order valence-electron chi connectivity index (χ3n) is 2.08. The summed E-state index contributed by atoms with van der Waals surface area (Å²) in [6, 6.07) is 5.49. The van der Waals surface area contributed by atoms with Crippen LogP contribution in [0.4, 0.5) is 0 Å². The van der Waals surface area contributed by atoms with Gasteiger partial charge in [-0.25, -0.2) is 0 Å². The quantitative estimate of drug-likeness (QED) is 0.802. The summed E-state index contributed by atoms with van der Waals surface area (Å²) in [5, 5.41) is 0.581. The van der Waals surface area contributed by atoms with Crippen LogP contribution in [-0.2, 0) is 0 Å². The molecule has 1 atom stereocenters. The topological polar surface area (TPSA) is 61.3 Å². The molecule has 1 aromatic rings. The Labute approximate surface area is 89.0 Å². The molecule has 4 heteroatoms. The van der Waals surface area contributed by atoms with Gasteiger partial charge >= 0.3 is 0 Å². The monoisotopic (exact) mass is 214 g/mol. The van der Waals surface area contributed by atoms with Crippen LogP contribution in [0.1, 0.15) is 18.0 Å². The Bertz CT molecular complexity index is 304. The second kappa shape index (κ2) is 5.20. The molecular weight excluding hydrogens is 200 g/mol. The Hall–Kier alpha value is -0.770. The largest absolute Gasteiger partial charge is 0.495 e. The van der Waals surface area contributed by atoms with Crippen LogP contribution in [0.15, 0.2) is 18.2 Å². The summed E-state index contributed by atoms with van der Waals surface area (Å²) in [4.78, 5) is 0. The van der Waals surface area contributed by atoms with Crippen molar-refractivity contribution >= 4 is 11.6 Å². The predicted octanol–water partition coefficient (Wildman–Crippen LogP) is 1.70. The minimum absolute atomic E-state index is 0.0524. The van der Waals surface area contributed by atoms with E-state index < -0.39 is 0 Å². The first kappa shape index (κ1) is 11.3. The molecule has 14 heavy (non-hydrogen) atoms. The Morgan fingerprint density at radius 2 is 2.21 bits per heavy atom. The van der Waals surface area contributed by atoms with Gasteiger partial charge in [-0.3, -0.25) is 0 Å². The number of ether oxygens (including phenoxy) is 1. The summed E-state index contributed by atoms with van der Waals surface area (Å²) in [6.45, 7) is 0.574. The molecular formula is C10H15ClN2O. The van der Waals surface area contributed by atoms with Gasteiger partial charge in [-0.1, -0.05) is 17.7 Å². The first-order valence-electron chi connectivity index (χ1n) is 4.48. The number of nitrogens with two attached hydrogens (primary N) is 2. The third kappa shape index (κ3) is 2.61. The molecule has 0 aliphatic heterocycles. The fourth-order valence-corrected chi connectivity index (χ4v) is 1.53. The first-order chi connectivity index (χ1) is 6.69. The first-order valence-corrected chi connectivity index (χ1v) is 4.86. The maximum atomic E-state index is 5.96. The van der Waals surface area contributed by atoms with Gasteiger partial charge in [-0.2, -0.15) is 0 Å². The summed E-state index contributed by atoms with van der Waals surface area (Å²) >= 11 is 5.96. The lowest BCUT2D eigenvalue weighted by atomic mass is 10.0. The maximum Gasteiger partial charge on any atom is 0.137 e. The molecule has 1 aromatic carbocycles. The molecule has 0 aliphatic rings. The van der Waals surface area contributed by atoms with Crippen molar-refractivity contribution in [2.75, 3.05) is 13.7 Å². The Kier molecular flexibility index (Phi) is 4.20. The Morgan fingerprint density at radius 1 is 1.50 bits per heavy atom. The molecule has 0 fully saturated rings. The van der Waals surface area contributed by atoms with Crippen LogP contribution in [0.2, 0.25) is 5.02 Å². The lowest BCUT2D eigenvalue weighted by Crippen LogP contribution is -2.15. The van der Waals surface area contributed by atoms with Gasteiger partial charge in [0.1, 0.15) is 5.75 Å². The predicted molar refractivity (Wildman–Crippen MR) is 58.6 cm³/mol. The minimum Gasteiger partial charge on any atom is -0.495 e. The van der Waals surface area contributed by atoms with E-state index in [0.717, 1.165) is 12.0 Å². The Morgan fingerprint density at radius 3 is 2.71 bits per heavy atom. The number of benzene rings is 1. The molecule has 3 nitrogen and oxygen atoms in total. The van der Waals surface area contributed by atoms with Crippen LogP contribution in [0.25, 0.3) is 0 Å². The van der Waals surface area contributed by atoms with E-state index in [1.165, 1.54) is 0 Å². The summed E-state index contributed by atoms with van der Waals surface area (Å²) in [7, 11) is 1.58. The van der Waals surface area contributed by atoms with Crippen molar-refractivity contribution in [3.8, 4) is 5.75 Å². The Balaban J connectivity index is 2.85. The van der Waals surface area contributed by atoms with E-state index in [-0.39, 0.29) is 6.04 Å². The standard InChI is InChI=1S/C10H15ClN2O/c1-14-10-3-2-7(6-8(10)11)9(13)4-5-12/h2-3,6,9H,4-5,12-13H2,1H3. The van der Waals surface area contributed by atoms with E-state index in [2.05, 4.69) is 0 Å². The molecule has 0 heterocycles. The third-order valence-corrected chi connectivity index (χ3v) is 2.38. The summed E-state index contributed by atoms with van der Waals surface area (Å²) in [5.41, 5.74) is 12.3. The summed E-state index contributed by atoms with van der Waals surface area (Å²) in [5.74, 6) is 0.662. The molecule has 78 valence electrons. The number of rotatable bonds is 4. The van der Waals surface area contributed by atoms with Gasteiger partial charge in [0.05, 0.1) is 12.1 Å². The van der Waals surface area contributed by atoms with Gasteiger partial charge < -0.3 is 16.2 Å². The highest BCUT2D eigenvalue weighted by Crippen LogP contribution is 2.27. The molecule has 0 spiro atoms. The molecule has 0 bridgehead atoms. The maximum absolute atomic E-state index is 5.96. The number of methoxy groups -OCH3 is 1. The van der Waals surface area contributed by atoms with E-state index >= 15 is 0 Å². The van der Waals surface area contributed by atoms with Crippen LogP contribution in [0, 0.1) is 0 Å². The SMILES string of the molecule is COc1ccc(C(N)CCN)cc1Cl. The molecule has 4 N–H and O–H groups in total. The summed E-state index contributed by atoms with van der Waals surface area (Å²) in [6.07, 6.45) is 0.753. The van der Waals surface area contributed by atoms with Crippen molar-refractivity contribution in [2.45, 2.75) is 12.5 Å². The lowest BCUT2D eigenvalue weighted by Gasteiger charge is -2.12. The van der Waals surface area contributed by atoms with Crippen molar-refractivity contribution in [3.05, 3.63) is 28.8 Å². The van der Waals surface area contributed by atoms with Crippen molar-refractivity contribution in [1.29, 1.82) is 0 Å². The molecule has 1 unspecified atom stereocenters. The molecule has 0 aromatic heterocycles. The number of hydrogen-bond acceptors (Lipinski definition) is 3. The molecule has 1 rings (SSSR count). The molecule has 0 amide bonds. The summed E-state index contributed by atoms with van der Waals surface area (Å²) < 4.78 is 5.04. The second-order valence-corrected chi connectivity index (χ2v) is 3.49. The highest BCUT2D eigenvalue weighted by molar-refractivity contribution is 6.32. The molecule has 0 aliphatic carbocycles. The second-order valence-electron chi connectivity index (χ2n) is 3.08. The lowest BCUT2D eigenvalue weighted by molar-refractivity contribution is 0.414. The van der Waals surface area contributed by atoms with E-state index in [0.29, 0.717) is 17.3 Å². The average Bonchev–Trinajstić information content (AvgIpc) is 2.18. The van der Waals surface area contributed by atoms with Crippen LogP contribution < -0.4 is 16.2 Å². The van der Waals surface area contributed by atoms with Crippen LogP contribution in [0.3, 0.4) is 0 Å². The minimum atomic E-state index is -0.0524. The van der Waals surface area contributed by atoms with Crippen LogP contribution in [0.5, 0.6) is 5.75 Å². The van der Waals surface area contributed by atoms with Gasteiger partial charge in [0, 0.05) is 6.04 Å².